The first-order valence-corrected chi connectivity index (χ1v) is 6.86. The maximum atomic E-state index is 11.8. The molecule has 0 aliphatic heterocycles. The Morgan fingerprint density at radius 2 is 1.90 bits per heavy atom. The Bertz CT molecular complexity index is 572. The number of amides is 1. The summed E-state index contributed by atoms with van der Waals surface area (Å²) < 4.78 is 0. The smallest absolute Gasteiger partial charge is 0.238 e. The van der Waals surface area contributed by atoms with Gasteiger partial charge in [-0.1, -0.05) is 41.9 Å². The molecule has 2 aromatic carbocycles. The number of rotatable bonds is 5. The highest BCUT2D eigenvalue weighted by atomic mass is 35.5. The summed E-state index contributed by atoms with van der Waals surface area (Å²) in [5, 5.41) is 6.71. The molecule has 4 heteroatoms. The summed E-state index contributed by atoms with van der Waals surface area (Å²) in [6.45, 7) is 2.25. The molecule has 0 aliphatic carbocycles. The van der Waals surface area contributed by atoms with Crippen LogP contribution in [-0.2, 0) is 4.79 Å². The highest BCUT2D eigenvalue weighted by Crippen LogP contribution is 2.17. The number of carbonyl (C=O) groups excluding carboxylic acids is 1. The van der Waals surface area contributed by atoms with Gasteiger partial charge in [0.25, 0.3) is 0 Å². The fourth-order valence-electron chi connectivity index (χ4n) is 1.87. The molecule has 1 atom stereocenters. The van der Waals surface area contributed by atoms with E-state index >= 15 is 0 Å². The van der Waals surface area contributed by atoms with Crippen molar-refractivity contribution < 1.29 is 4.79 Å². The van der Waals surface area contributed by atoms with Crippen LogP contribution in [0.25, 0.3) is 0 Å². The number of carbonyl (C=O) groups is 1. The van der Waals surface area contributed by atoms with Crippen LogP contribution in [0.1, 0.15) is 18.5 Å². The molecule has 104 valence electrons. The summed E-state index contributed by atoms with van der Waals surface area (Å²) in [7, 11) is 0. The predicted octanol–water partition coefficient (Wildman–Crippen LogP) is 3.63. The number of anilines is 1. The second-order valence-corrected chi connectivity index (χ2v) is 5.01. The second-order valence-electron chi connectivity index (χ2n) is 4.57. The summed E-state index contributed by atoms with van der Waals surface area (Å²) in [4.78, 5) is 11.8. The lowest BCUT2D eigenvalue weighted by molar-refractivity contribution is -0.115. The first-order chi connectivity index (χ1) is 9.65. The zero-order valence-corrected chi connectivity index (χ0v) is 12.0. The minimum atomic E-state index is -0.0647. The topological polar surface area (TPSA) is 41.1 Å². The van der Waals surface area contributed by atoms with Crippen LogP contribution in [-0.4, -0.2) is 12.5 Å². The monoisotopic (exact) mass is 288 g/mol. The van der Waals surface area contributed by atoms with Gasteiger partial charge in [0.2, 0.25) is 5.91 Å². The Balaban J connectivity index is 1.84. The molecule has 2 rings (SSSR count). The minimum Gasteiger partial charge on any atom is -0.325 e. The van der Waals surface area contributed by atoms with Crippen molar-refractivity contribution in [2.24, 2.45) is 0 Å². The zero-order valence-electron chi connectivity index (χ0n) is 11.3. The summed E-state index contributed by atoms with van der Waals surface area (Å²) in [5.74, 6) is -0.0647. The molecule has 3 nitrogen and oxygen atoms in total. The van der Waals surface area contributed by atoms with Gasteiger partial charge in [0, 0.05) is 16.8 Å². The van der Waals surface area contributed by atoms with Crippen molar-refractivity contribution in [1.82, 2.24) is 5.32 Å². The normalized spacial score (nSPS) is 11.9. The van der Waals surface area contributed by atoms with Gasteiger partial charge in [0.1, 0.15) is 0 Å². The number of nitrogens with one attached hydrogen (secondary N) is 2. The maximum absolute atomic E-state index is 11.8. The Morgan fingerprint density at radius 3 is 2.60 bits per heavy atom. The van der Waals surface area contributed by atoms with Crippen LogP contribution in [0.4, 0.5) is 5.69 Å². The van der Waals surface area contributed by atoms with Gasteiger partial charge < -0.3 is 10.6 Å². The third-order valence-corrected chi connectivity index (χ3v) is 3.21. The second kappa shape index (κ2) is 7.08. The lowest BCUT2D eigenvalue weighted by Gasteiger charge is -2.14. The highest BCUT2D eigenvalue weighted by molar-refractivity contribution is 6.30. The molecular weight excluding hydrogens is 272 g/mol. The van der Waals surface area contributed by atoms with E-state index < -0.39 is 0 Å². The Hall–Kier alpha value is -1.84. The molecule has 0 aliphatic rings. The van der Waals surface area contributed by atoms with Gasteiger partial charge in [-0.3, -0.25) is 4.79 Å². The van der Waals surface area contributed by atoms with Crippen molar-refractivity contribution in [3.8, 4) is 0 Å². The van der Waals surface area contributed by atoms with E-state index in [1.54, 1.807) is 0 Å². The van der Waals surface area contributed by atoms with Crippen LogP contribution in [0.2, 0.25) is 5.02 Å². The fraction of sp³-hybridized carbons (Fsp3) is 0.188. The molecule has 20 heavy (non-hydrogen) atoms. The van der Waals surface area contributed by atoms with Gasteiger partial charge in [0.15, 0.2) is 0 Å². The third kappa shape index (κ3) is 4.37. The molecule has 2 N–H and O–H groups in total. The molecule has 0 fully saturated rings. The van der Waals surface area contributed by atoms with E-state index in [0.717, 1.165) is 11.3 Å². The van der Waals surface area contributed by atoms with Crippen molar-refractivity contribution in [2.75, 3.05) is 11.9 Å². The van der Waals surface area contributed by atoms with E-state index in [1.165, 1.54) is 0 Å². The van der Waals surface area contributed by atoms with Crippen LogP contribution in [0, 0.1) is 0 Å². The van der Waals surface area contributed by atoms with Crippen LogP contribution >= 0.6 is 11.6 Å². The van der Waals surface area contributed by atoms with Gasteiger partial charge in [-0.2, -0.15) is 0 Å². The molecule has 0 spiro atoms. The van der Waals surface area contributed by atoms with Gasteiger partial charge in [-0.05, 0) is 36.8 Å². The van der Waals surface area contributed by atoms with E-state index in [-0.39, 0.29) is 18.5 Å². The van der Waals surface area contributed by atoms with Crippen molar-refractivity contribution in [3.63, 3.8) is 0 Å². The highest BCUT2D eigenvalue weighted by Gasteiger charge is 2.08. The van der Waals surface area contributed by atoms with Crippen molar-refractivity contribution >= 4 is 23.2 Å². The van der Waals surface area contributed by atoms with Crippen LogP contribution in [0.15, 0.2) is 54.6 Å². The maximum Gasteiger partial charge on any atom is 0.238 e. The number of hydrogen-bond acceptors (Lipinski definition) is 2. The van der Waals surface area contributed by atoms with Crippen molar-refractivity contribution in [2.45, 2.75) is 13.0 Å². The lowest BCUT2D eigenvalue weighted by atomic mass is 10.1. The molecule has 0 saturated carbocycles. The van der Waals surface area contributed by atoms with Gasteiger partial charge in [-0.15, -0.1) is 0 Å². The molecule has 0 bridgehead atoms. The fourth-order valence-corrected chi connectivity index (χ4v) is 2.06. The van der Waals surface area contributed by atoms with Crippen molar-refractivity contribution in [3.05, 3.63) is 65.2 Å². The molecule has 0 unspecified atom stereocenters. The molecule has 0 heterocycles. The van der Waals surface area contributed by atoms with Crippen LogP contribution < -0.4 is 10.6 Å². The quantitative estimate of drug-likeness (QED) is 0.882. The van der Waals surface area contributed by atoms with Crippen LogP contribution in [0.5, 0.6) is 0 Å². The Kier molecular flexibility index (Phi) is 5.16. The molecular formula is C16H17ClN2O. The third-order valence-electron chi connectivity index (χ3n) is 2.98. The number of para-hydroxylation sites is 1. The Morgan fingerprint density at radius 1 is 1.15 bits per heavy atom. The number of benzene rings is 2. The SMILES string of the molecule is C[C@@H](NCC(=O)Nc1ccccc1)c1cccc(Cl)c1. The summed E-state index contributed by atoms with van der Waals surface area (Å²) in [6, 6.07) is 17.1. The largest absolute Gasteiger partial charge is 0.325 e. The van der Waals surface area contributed by atoms with E-state index in [4.69, 9.17) is 11.6 Å². The van der Waals surface area contributed by atoms with Gasteiger partial charge in [-0.25, -0.2) is 0 Å². The molecule has 0 aromatic heterocycles. The number of halogens is 1. The van der Waals surface area contributed by atoms with E-state index in [9.17, 15) is 4.79 Å². The first-order valence-electron chi connectivity index (χ1n) is 6.49. The average Bonchev–Trinajstić information content (AvgIpc) is 2.46. The molecule has 0 saturated heterocycles. The standard InChI is InChI=1S/C16H17ClN2O/c1-12(13-6-5-7-14(17)10-13)18-11-16(20)19-15-8-3-2-4-9-15/h2-10,12,18H,11H2,1H3,(H,19,20)/t12-/m1/s1. The predicted molar refractivity (Wildman–Crippen MR) is 82.9 cm³/mol. The molecule has 2 aromatic rings. The summed E-state index contributed by atoms with van der Waals surface area (Å²) in [6.07, 6.45) is 0. The van der Waals surface area contributed by atoms with Crippen LogP contribution in [0.3, 0.4) is 0 Å². The van der Waals surface area contributed by atoms with Gasteiger partial charge >= 0.3 is 0 Å². The zero-order chi connectivity index (χ0) is 14.4. The van der Waals surface area contributed by atoms with Gasteiger partial charge in [0.05, 0.1) is 6.54 Å². The summed E-state index contributed by atoms with van der Waals surface area (Å²) >= 11 is 5.95. The van der Waals surface area contributed by atoms with E-state index in [1.807, 2.05) is 61.5 Å². The van der Waals surface area contributed by atoms with E-state index in [2.05, 4.69) is 10.6 Å². The number of hydrogen-bond donors (Lipinski definition) is 2. The Labute approximate surface area is 124 Å². The van der Waals surface area contributed by atoms with E-state index in [0.29, 0.717) is 5.02 Å². The average molecular weight is 289 g/mol. The molecule has 1 amide bonds. The first kappa shape index (κ1) is 14.6. The lowest BCUT2D eigenvalue weighted by Crippen LogP contribution is -2.30. The molecule has 0 radical (unpaired) electrons. The summed E-state index contributed by atoms with van der Waals surface area (Å²) in [5.41, 5.74) is 1.86. The minimum absolute atomic E-state index is 0.0647. The van der Waals surface area contributed by atoms with Crippen molar-refractivity contribution in [1.29, 1.82) is 0 Å².